The van der Waals surface area contributed by atoms with E-state index in [9.17, 15) is 4.79 Å². The number of hydrogen-bond acceptors (Lipinski definition) is 9. The Hall–Kier alpha value is -4.12. The highest BCUT2D eigenvalue weighted by Crippen LogP contribution is 2.48. The zero-order valence-corrected chi connectivity index (χ0v) is 20.4. The van der Waals surface area contributed by atoms with Crippen LogP contribution < -0.4 is 16.4 Å². The van der Waals surface area contributed by atoms with Gasteiger partial charge in [-0.05, 0) is 49.9 Å². The zero-order valence-electron chi connectivity index (χ0n) is 20.4. The molecule has 0 radical (unpaired) electrons. The van der Waals surface area contributed by atoms with E-state index in [1.165, 1.54) is 0 Å². The summed E-state index contributed by atoms with van der Waals surface area (Å²) >= 11 is 0. The molecule has 3 aromatic heterocycles. The maximum absolute atomic E-state index is 12.4. The van der Waals surface area contributed by atoms with Gasteiger partial charge in [0.05, 0.1) is 17.2 Å². The minimum atomic E-state index is -0.275. The van der Waals surface area contributed by atoms with Gasteiger partial charge in [0.2, 0.25) is 11.9 Å². The monoisotopic (exact) mass is 499 g/mol. The maximum atomic E-state index is 12.4. The highest BCUT2D eigenvalue weighted by atomic mass is 16.5. The summed E-state index contributed by atoms with van der Waals surface area (Å²) in [5, 5.41) is 15.1. The van der Waals surface area contributed by atoms with Crippen LogP contribution in [-0.2, 0) is 16.8 Å². The first kappa shape index (κ1) is 23.3. The smallest absolute Gasteiger partial charge is 0.261 e. The molecule has 1 saturated carbocycles. The summed E-state index contributed by atoms with van der Waals surface area (Å²) in [6.45, 7) is 2.01. The van der Waals surface area contributed by atoms with Crippen LogP contribution in [0.1, 0.15) is 43.5 Å². The van der Waals surface area contributed by atoms with Crippen LogP contribution in [0.3, 0.4) is 0 Å². The normalized spacial score (nSPS) is 17.3. The van der Waals surface area contributed by atoms with Gasteiger partial charge >= 0.3 is 0 Å². The van der Waals surface area contributed by atoms with Crippen LogP contribution >= 0.6 is 0 Å². The molecule has 1 aliphatic heterocycles. The molecule has 1 saturated heterocycles. The van der Waals surface area contributed by atoms with E-state index in [1.807, 2.05) is 0 Å². The Morgan fingerprint density at radius 2 is 1.84 bits per heavy atom. The average Bonchev–Trinajstić information content (AvgIpc) is 3.55. The van der Waals surface area contributed by atoms with Crippen molar-refractivity contribution in [1.29, 1.82) is 0 Å². The third-order valence-corrected chi connectivity index (χ3v) is 7.39. The van der Waals surface area contributed by atoms with E-state index in [-0.39, 0.29) is 29.9 Å². The SMILES string of the molecule is Nc1ncc(-c2ccc(C3(c4noc(-c5cnn(CC(=O)NC6CCNCC6)c5)n4)CCC3)cc2)cn1. The first-order chi connectivity index (χ1) is 18.1. The predicted octanol–water partition coefficient (Wildman–Crippen LogP) is 2.31. The van der Waals surface area contributed by atoms with Gasteiger partial charge in [-0.25, -0.2) is 9.97 Å². The Kier molecular flexibility index (Phi) is 6.13. The summed E-state index contributed by atoms with van der Waals surface area (Å²) in [6.07, 6.45) is 11.8. The van der Waals surface area contributed by atoms with E-state index < -0.39 is 0 Å². The van der Waals surface area contributed by atoms with E-state index in [1.54, 1.807) is 29.5 Å². The molecule has 0 spiro atoms. The lowest BCUT2D eigenvalue weighted by Gasteiger charge is -2.39. The molecular formula is C26H29N9O2. The molecule has 0 atom stereocenters. The van der Waals surface area contributed by atoms with Crippen LogP contribution in [0.2, 0.25) is 0 Å². The number of carbonyl (C=O) groups excluding carboxylic acids is 1. The number of amides is 1. The summed E-state index contributed by atoms with van der Waals surface area (Å²) < 4.78 is 7.25. The Morgan fingerprint density at radius 1 is 1.08 bits per heavy atom. The van der Waals surface area contributed by atoms with Gasteiger partial charge in [0.1, 0.15) is 6.54 Å². The van der Waals surface area contributed by atoms with Gasteiger partial charge < -0.3 is 20.9 Å². The number of nitrogens with zero attached hydrogens (tertiary/aromatic N) is 6. The fourth-order valence-electron chi connectivity index (χ4n) is 5.12. The van der Waals surface area contributed by atoms with Crippen LogP contribution in [0.5, 0.6) is 0 Å². The number of nitrogens with two attached hydrogens (primary N) is 1. The van der Waals surface area contributed by atoms with Crippen LogP contribution in [0, 0.1) is 0 Å². The van der Waals surface area contributed by atoms with Gasteiger partial charge in [0.15, 0.2) is 5.82 Å². The summed E-state index contributed by atoms with van der Waals surface area (Å²) in [5.74, 6) is 1.29. The Labute approximate surface area is 213 Å². The first-order valence-electron chi connectivity index (χ1n) is 12.6. The Bertz CT molecular complexity index is 1370. The molecule has 11 heteroatoms. The molecule has 37 heavy (non-hydrogen) atoms. The second-order valence-corrected chi connectivity index (χ2v) is 9.78. The van der Waals surface area contributed by atoms with Crippen molar-refractivity contribution in [1.82, 2.24) is 40.5 Å². The lowest BCUT2D eigenvalue weighted by atomic mass is 9.64. The second-order valence-electron chi connectivity index (χ2n) is 9.78. The summed E-state index contributed by atoms with van der Waals surface area (Å²) in [7, 11) is 0. The van der Waals surface area contributed by atoms with Crippen molar-refractivity contribution in [2.45, 2.75) is 50.1 Å². The molecular weight excluding hydrogens is 470 g/mol. The minimum absolute atomic E-state index is 0.0461. The molecule has 0 bridgehead atoms. The molecule has 0 unspecified atom stereocenters. The van der Waals surface area contributed by atoms with Gasteiger partial charge in [-0.2, -0.15) is 10.1 Å². The highest BCUT2D eigenvalue weighted by Gasteiger charge is 2.44. The van der Waals surface area contributed by atoms with Gasteiger partial charge in [-0.15, -0.1) is 0 Å². The molecule has 190 valence electrons. The fourth-order valence-corrected chi connectivity index (χ4v) is 5.12. The predicted molar refractivity (Wildman–Crippen MR) is 136 cm³/mol. The third kappa shape index (κ3) is 4.69. The molecule has 1 aliphatic carbocycles. The molecule has 6 rings (SSSR count). The minimum Gasteiger partial charge on any atom is -0.368 e. The van der Waals surface area contributed by atoms with Crippen molar-refractivity contribution in [3.05, 3.63) is 60.4 Å². The quantitative estimate of drug-likeness (QED) is 0.348. The van der Waals surface area contributed by atoms with E-state index in [0.717, 1.165) is 61.9 Å². The van der Waals surface area contributed by atoms with Crippen LogP contribution in [0.15, 0.2) is 53.6 Å². The van der Waals surface area contributed by atoms with Gasteiger partial charge in [0.25, 0.3) is 5.89 Å². The van der Waals surface area contributed by atoms with Crippen molar-refractivity contribution in [3.8, 4) is 22.6 Å². The van der Waals surface area contributed by atoms with E-state index in [0.29, 0.717) is 17.3 Å². The van der Waals surface area contributed by atoms with Crippen molar-refractivity contribution in [2.75, 3.05) is 18.8 Å². The van der Waals surface area contributed by atoms with Crippen molar-refractivity contribution < 1.29 is 9.32 Å². The number of carbonyl (C=O) groups is 1. The van der Waals surface area contributed by atoms with Crippen molar-refractivity contribution >= 4 is 11.9 Å². The number of nitrogens with one attached hydrogen (secondary N) is 2. The van der Waals surface area contributed by atoms with E-state index in [4.69, 9.17) is 15.2 Å². The largest absolute Gasteiger partial charge is 0.368 e. The Morgan fingerprint density at radius 3 is 2.54 bits per heavy atom. The Balaban J connectivity index is 1.16. The molecule has 4 aromatic rings. The van der Waals surface area contributed by atoms with Gasteiger partial charge in [-0.1, -0.05) is 35.8 Å². The summed E-state index contributed by atoms with van der Waals surface area (Å²) in [4.78, 5) is 25.4. The summed E-state index contributed by atoms with van der Waals surface area (Å²) in [6, 6.07) is 8.56. The lowest BCUT2D eigenvalue weighted by molar-refractivity contribution is -0.122. The van der Waals surface area contributed by atoms with E-state index >= 15 is 0 Å². The maximum Gasteiger partial charge on any atom is 0.261 e. The number of rotatable bonds is 7. The first-order valence-corrected chi connectivity index (χ1v) is 12.6. The fraction of sp³-hybridized carbons (Fsp3) is 0.385. The van der Waals surface area contributed by atoms with Crippen LogP contribution in [0.25, 0.3) is 22.6 Å². The van der Waals surface area contributed by atoms with Crippen LogP contribution in [-0.4, -0.2) is 54.9 Å². The number of nitrogen functional groups attached to an aromatic ring is 1. The molecule has 2 aliphatic rings. The molecule has 1 aromatic carbocycles. The molecule has 11 nitrogen and oxygen atoms in total. The highest BCUT2D eigenvalue weighted by molar-refractivity contribution is 5.76. The molecule has 4 N–H and O–H groups in total. The third-order valence-electron chi connectivity index (χ3n) is 7.39. The van der Waals surface area contributed by atoms with Crippen molar-refractivity contribution in [3.63, 3.8) is 0 Å². The molecule has 1 amide bonds. The molecule has 4 heterocycles. The number of aromatic nitrogens is 6. The number of anilines is 1. The van der Waals surface area contributed by atoms with Gasteiger partial charge in [0, 0.05) is 30.2 Å². The average molecular weight is 500 g/mol. The van der Waals surface area contributed by atoms with Crippen LogP contribution in [0.4, 0.5) is 5.95 Å². The van der Waals surface area contributed by atoms with Crippen molar-refractivity contribution in [2.24, 2.45) is 0 Å². The number of hydrogen-bond donors (Lipinski definition) is 3. The number of piperidine rings is 1. The summed E-state index contributed by atoms with van der Waals surface area (Å²) in [5.41, 5.74) is 9.10. The van der Waals surface area contributed by atoms with Gasteiger partial charge in [-0.3, -0.25) is 9.48 Å². The zero-order chi connectivity index (χ0) is 25.2. The second kappa shape index (κ2) is 9.74. The lowest BCUT2D eigenvalue weighted by Crippen LogP contribution is -2.43. The topological polar surface area (TPSA) is 150 Å². The van der Waals surface area contributed by atoms with E-state index in [2.05, 4.69) is 55.1 Å². The standard InChI is InChI=1S/C26H29N9O2/c27-25-29-12-18(13-30-25)17-2-4-20(5-3-17)26(8-1-9-26)24-33-23(37-34-24)19-14-31-35(15-19)16-22(36)32-21-6-10-28-11-7-21/h2-5,12-15,21,28H,1,6-11,16H2,(H,32,36)(H2,27,29,30). The molecule has 2 fully saturated rings. The number of benzene rings is 1.